The number of carbonyl (C=O) groups is 2. The molecule has 0 aromatic carbocycles. The molecule has 2 aliphatic rings. The van der Waals surface area contributed by atoms with Gasteiger partial charge >= 0.3 is 17.9 Å². The summed E-state index contributed by atoms with van der Waals surface area (Å²) in [5.41, 5.74) is 0.269. The second-order valence-electron chi connectivity index (χ2n) is 6.17. The molecule has 0 aliphatic carbocycles. The standard InChI is InChI=1S/C14H12F4N6O2/c15-13(16)5-23(6-14(13,17)18)9-3-8(22-24-2-1-19-10(9)24)7-4-20-12(26)21-11(7)25/h1-3,7H,4-6H2,(H2,20,21,25,26). The monoisotopic (exact) mass is 372 g/mol. The van der Waals surface area contributed by atoms with Crippen LogP contribution in [0.25, 0.3) is 5.65 Å². The highest BCUT2D eigenvalue weighted by Crippen LogP contribution is 2.43. The van der Waals surface area contributed by atoms with Crippen molar-refractivity contribution < 1.29 is 27.2 Å². The van der Waals surface area contributed by atoms with E-state index in [2.05, 4.69) is 20.7 Å². The van der Waals surface area contributed by atoms with Crippen molar-refractivity contribution in [1.29, 1.82) is 0 Å². The van der Waals surface area contributed by atoms with E-state index in [-0.39, 0.29) is 23.6 Å². The van der Waals surface area contributed by atoms with E-state index in [4.69, 9.17) is 0 Å². The lowest BCUT2D eigenvalue weighted by atomic mass is 10.0. The van der Waals surface area contributed by atoms with Crippen molar-refractivity contribution in [1.82, 2.24) is 25.2 Å². The molecule has 1 unspecified atom stereocenters. The molecule has 0 spiro atoms. The Labute approximate surface area is 143 Å². The summed E-state index contributed by atoms with van der Waals surface area (Å²) >= 11 is 0. The summed E-state index contributed by atoms with van der Waals surface area (Å²) in [5, 5.41) is 8.69. The maximum absolute atomic E-state index is 13.6. The number of halogens is 4. The summed E-state index contributed by atoms with van der Waals surface area (Å²) in [5.74, 6) is -9.88. The molecule has 4 heterocycles. The average molecular weight is 372 g/mol. The highest BCUT2D eigenvalue weighted by molar-refractivity contribution is 6.00. The largest absolute Gasteiger partial charge is 0.356 e. The van der Waals surface area contributed by atoms with Gasteiger partial charge in [0.25, 0.3) is 0 Å². The molecule has 0 bridgehead atoms. The Hall–Kier alpha value is -2.92. The fourth-order valence-corrected chi connectivity index (χ4v) is 3.03. The van der Waals surface area contributed by atoms with Crippen molar-refractivity contribution in [3.8, 4) is 0 Å². The molecule has 2 aromatic rings. The minimum atomic E-state index is -4.18. The van der Waals surface area contributed by atoms with Crippen LogP contribution in [0.2, 0.25) is 0 Å². The number of anilines is 1. The number of aromatic nitrogens is 3. The smallest absolute Gasteiger partial charge is 0.329 e. The van der Waals surface area contributed by atoms with Crippen LogP contribution in [0.4, 0.5) is 28.0 Å². The number of hydrogen-bond donors (Lipinski definition) is 2. The van der Waals surface area contributed by atoms with Crippen LogP contribution in [0.1, 0.15) is 11.6 Å². The molecule has 0 radical (unpaired) electrons. The zero-order valence-electron chi connectivity index (χ0n) is 13.0. The summed E-state index contributed by atoms with van der Waals surface area (Å²) in [6.45, 7) is -2.41. The van der Waals surface area contributed by atoms with Crippen molar-refractivity contribution in [2.24, 2.45) is 0 Å². The molecule has 2 N–H and O–H groups in total. The number of nitrogens with one attached hydrogen (secondary N) is 2. The lowest BCUT2D eigenvalue weighted by Gasteiger charge is -2.24. The van der Waals surface area contributed by atoms with Crippen LogP contribution < -0.4 is 15.5 Å². The van der Waals surface area contributed by atoms with Crippen molar-refractivity contribution in [2.75, 3.05) is 24.5 Å². The van der Waals surface area contributed by atoms with Gasteiger partial charge in [-0.15, -0.1) is 0 Å². The third-order valence-corrected chi connectivity index (χ3v) is 4.39. The highest BCUT2D eigenvalue weighted by Gasteiger charge is 2.63. The summed E-state index contributed by atoms with van der Waals surface area (Å²) < 4.78 is 55.6. The summed E-state index contributed by atoms with van der Waals surface area (Å²) in [7, 11) is 0. The lowest BCUT2D eigenvalue weighted by molar-refractivity contribution is -0.172. The predicted octanol–water partition coefficient (Wildman–Crippen LogP) is 0.743. The number of nitrogens with zero attached hydrogens (tertiary/aromatic N) is 4. The fraction of sp³-hybridized carbons (Fsp3) is 0.429. The number of rotatable bonds is 2. The molecule has 26 heavy (non-hydrogen) atoms. The van der Waals surface area contributed by atoms with E-state index in [0.717, 1.165) is 4.90 Å². The van der Waals surface area contributed by atoms with Gasteiger partial charge in [-0.25, -0.2) is 14.3 Å². The molecule has 0 saturated carbocycles. The first-order valence-electron chi connectivity index (χ1n) is 7.61. The molecule has 138 valence electrons. The molecule has 2 fully saturated rings. The Morgan fingerprint density at radius 3 is 2.50 bits per heavy atom. The number of alkyl halides is 4. The normalized spacial score (nSPS) is 24.6. The highest BCUT2D eigenvalue weighted by atomic mass is 19.3. The predicted molar refractivity (Wildman–Crippen MR) is 79.4 cm³/mol. The molecule has 2 aromatic heterocycles. The topological polar surface area (TPSA) is 91.6 Å². The summed E-state index contributed by atoms with van der Waals surface area (Å²) in [6.07, 6.45) is 2.75. The number of urea groups is 1. The first-order valence-corrected chi connectivity index (χ1v) is 7.61. The minimum Gasteiger partial charge on any atom is -0.356 e. The van der Waals surface area contributed by atoms with Gasteiger partial charge in [-0.3, -0.25) is 10.1 Å². The Kier molecular flexibility index (Phi) is 3.36. The zero-order valence-corrected chi connectivity index (χ0v) is 13.0. The summed E-state index contributed by atoms with van der Waals surface area (Å²) in [6, 6.07) is 0.621. The van der Waals surface area contributed by atoms with Gasteiger partial charge in [-0.05, 0) is 6.07 Å². The first-order chi connectivity index (χ1) is 12.2. The molecule has 8 nitrogen and oxygen atoms in total. The number of imidazole rings is 1. The molecule has 3 amide bonds. The number of fused-ring (bicyclic) bond motifs is 1. The lowest BCUT2D eigenvalue weighted by Crippen LogP contribution is -2.51. The van der Waals surface area contributed by atoms with Crippen LogP contribution in [0.15, 0.2) is 18.5 Å². The third-order valence-electron chi connectivity index (χ3n) is 4.39. The Balaban J connectivity index is 1.77. The van der Waals surface area contributed by atoms with Gasteiger partial charge in [-0.2, -0.15) is 22.7 Å². The maximum Gasteiger partial charge on any atom is 0.329 e. The molecule has 4 rings (SSSR count). The van der Waals surface area contributed by atoms with Crippen molar-refractivity contribution in [3.05, 3.63) is 24.2 Å². The quantitative estimate of drug-likeness (QED) is 0.759. The molecule has 2 aliphatic heterocycles. The molecule has 2 saturated heterocycles. The van der Waals surface area contributed by atoms with E-state index < -0.39 is 42.8 Å². The number of amides is 3. The maximum atomic E-state index is 13.6. The second kappa shape index (κ2) is 5.29. The second-order valence-corrected chi connectivity index (χ2v) is 6.17. The Morgan fingerprint density at radius 1 is 1.15 bits per heavy atom. The number of carbonyl (C=O) groups excluding carboxylic acids is 2. The van der Waals surface area contributed by atoms with Crippen LogP contribution in [-0.2, 0) is 4.79 Å². The van der Waals surface area contributed by atoms with E-state index in [1.54, 1.807) is 0 Å². The van der Waals surface area contributed by atoms with Crippen molar-refractivity contribution in [2.45, 2.75) is 17.8 Å². The Morgan fingerprint density at radius 2 is 1.85 bits per heavy atom. The molecular formula is C14H12F4N6O2. The number of hydrogen-bond acceptors (Lipinski definition) is 5. The summed E-state index contributed by atoms with van der Waals surface area (Å²) in [4.78, 5) is 28.0. The third kappa shape index (κ3) is 2.44. The van der Waals surface area contributed by atoms with Crippen molar-refractivity contribution in [3.63, 3.8) is 0 Å². The SMILES string of the molecule is O=C1NCC(c2cc(N3CC(F)(F)C(F)(F)C3)c3nccn3n2)C(=O)N1. The average Bonchev–Trinajstić information content (AvgIpc) is 3.08. The van der Waals surface area contributed by atoms with Crippen molar-refractivity contribution >= 4 is 23.3 Å². The fourth-order valence-electron chi connectivity index (χ4n) is 3.03. The zero-order chi connectivity index (χ0) is 18.7. The van der Waals surface area contributed by atoms with Gasteiger partial charge < -0.3 is 10.2 Å². The molecular weight excluding hydrogens is 360 g/mol. The van der Waals surface area contributed by atoms with Gasteiger partial charge in [0.2, 0.25) is 5.91 Å². The van der Waals surface area contributed by atoms with Crippen LogP contribution in [0, 0.1) is 0 Å². The van der Waals surface area contributed by atoms with Gasteiger partial charge in [0.05, 0.1) is 30.4 Å². The van der Waals surface area contributed by atoms with E-state index in [1.807, 2.05) is 0 Å². The van der Waals surface area contributed by atoms with Crippen LogP contribution in [0.5, 0.6) is 0 Å². The Bertz CT molecular complexity index is 898. The first kappa shape index (κ1) is 16.5. The van der Waals surface area contributed by atoms with Crippen LogP contribution >= 0.6 is 0 Å². The minimum absolute atomic E-state index is 0.0153. The van der Waals surface area contributed by atoms with Gasteiger partial charge in [-0.1, -0.05) is 0 Å². The van der Waals surface area contributed by atoms with Gasteiger partial charge in [0.1, 0.15) is 0 Å². The van der Waals surface area contributed by atoms with E-state index in [0.29, 0.717) is 0 Å². The van der Waals surface area contributed by atoms with Crippen LogP contribution in [0.3, 0.4) is 0 Å². The number of imide groups is 1. The van der Waals surface area contributed by atoms with Gasteiger partial charge in [0, 0.05) is 18.9 Å². The van der Waals surface area contributed by atoms with E-state index in [1.165, 1.54) is 23.0 Å². The van der Waals surface area contributed by atoms with E-state index in [9.17, 15) is 27.2 Å². The molecule has 1 atom stereocenters. The van der Waals surface area contributed by atoms with Crippen LogP contribution in [-0.4, -0.2) is 58.0 Å². The van der Waals surface area contributed by atoms with Gasteiger partial charge in [0.15, 0.2) is 5.65 Å². The molecule has 12 heteroatoms. The van der Waals surface area contributed by atoms with E-state index >= 15 is 0 Å².